The van der Waals surface area contributed by atoms with Gasteiger partial charge in [-0.2, -0.15) is 0 Å². The third-order valence-corrected chi connectivity index (χ3v) is 5.51. The molecule has 0 aliphatic rings. The molecule has 108 valence electrons. The number of halogens is 1. The fourth-order valence-corrected chi connectivity index (χ4v) is 4.05. The smallest absolute Gasteiger partial charge is 0.150 e. The van der Waals surface area contributed by atoms with E-state index in [4.69, 9.17) is 16.3 Å². The largest absolute Gasteiger partial charge is 0.497 e. The molecule has 3 aromatic rings. The maximum Gasteiger partial charge on any atom is 0.150 e. The van der Waals surface area contributed by atoms with Gasteiger partial charge in [0.25, 0.3) is 0 Å². The highest BCUT2D eigenvalue weighted by Gasteiger charge is 2.08. The topological polar surface area (TPSA) is 35.0 Å². The van der Waals surface area contributed by atoms with Gasteiger partial charge < -0.3 is 4.74 Å². The summed E-state index contributed by atoms with van der Waals surface area (Å²) in [7, 11) is 1.64. The summed E-state index contributed by atoms with van der Waals surface area (Å²) in [4.78, 5) is 8.90. The van der Waals surface area contributed by atoms with E-state index in [1.807, 2.05) is 25.1 Å². The average molecular weight is 337 g/mol. The van der Waals surface area contributed by atoms with E-state index in [0.717, 1.165) is 38.0 Å². The Labute approximate surface area is 136 Å². The summed E-state index contributed by atoms with van der Waals surface area (Å²) in [6.07, 6.45) is 0. The van der Waals surface area contributed by atoms with E-state index in [1.165, 1.54) is 0 Å². The molecule has 0 radical (unpaired) electrons. The fraction of sp³-hybridized carbons (Fsp3) is 0.200. The van der Waals surface area contributed by atoms with Crippen LogP contribution in [0.5, 0.6) is 5.75 Å². The zero-order valence-electron chi connectivity index (χ0n) is 11.6. The van der Waals surface area contributed by atoms with Crippen LogP contribution < -0.4 is 4.74 Å². The van der Waals surface area contributed by atoms with Crippen molar-refractivity contribution in [2.24, 2.45) is 0 Å². The van der Waals surface area contributed by atoms with Gasteiger partial charge >= 0.3 is 0 Å². The van der Waals surface area contributed by atoms with Crippen LogP contribution in [0.25, 0.3) is 10.9 Å². The number of rotatable bonds is 4. The van der Waals surface area contributed by atoms with Gasteiger partial charge in [-0.1, -0.05) is 23.4 Å². The molecule has 1 aromatic carbocycles. The van der Waals surface area contributed by atoms with Gasteiger partial charge in [0.15, 0.2) is 0 Å². The first-order valence-electron chi connectivity index (χ1n) is 6.34. The maximum absolute atomic E-state index is 6.29. The van der Waals surface area contributed by atoms with Crippen LogP contribution in [0.4, 0.5) is 0 Å². The number of thiazole rings is 1. The molecule has 0 bridgehead atoms. The van der Waals surface area contributed by atoms with Crippen molar-refractivity contribution in [1.29, 1.82) is 0 Å². The molecular formula is C15H13ClN2OS2. The molecule has 0 amide bonds. The van der Waals surface area contributed by atoms with Gasteiger partial charge in [-0.15, -0.1) is 11.3 Å². The maximum atomic E-state index is 6.29. The van der Waals surface area contributed by atoms with Crippen LogP contribution in [0, 0.1) is 6.92 Å². The summed E-state index contributed by atoms with van der Waals surface area (Å²) >= 11 is 9.63. The van der Waals surface area contributed by atoms with E-state index in [9.17, 15) is 0 Å². The summed E-state index contributed by atoms with van der Waals surface area (Å²) < 4.78 is 6.26. The van der Waals surface area contributed by atoms with E-state index in [0.29, 0.717) is 5.15 Å². The first-order valence-corrected chi connectivity index (χ1v) is 8.58. The lowest BCUT2D eigenvalue weighted by Crippen LogP contribution is -1.90. The van der Waals surface area contributed by atoms with E-state index in [2.05, 4.69) is 21.4 Å². The zero-order chi connectivity index (χ0) is 14.8. The van der Waals surface area contributed by atoms with Gasteiger partial charge in [-0.25, -0.2) is 9.97 Å². The van der Waals surface area contributed by atoms with Crippen LogP contribution in [-0.4, -0.2) is 17.1 Å². The van der Waals surface area contributed by atoms with Crippen LogP contribution in [-0.2, 0) is 5.75 Å². The lowest BCUT2D eigenvalue weighted by Gasteiger charge is -2.06. The second-order valence-corrected chi connectivity index (χ2v) is 6.98. The zero-order valence-corrected chi connectivity index (χ0v) is 14.0. The SMILES string of the molecule is COc1ccc2cc(CSc3nc(C)cs3)c(Cl)nc2c1. The minimum Gasteiger partial charge on any atom is -0.497 e. The number of hydrogen-bond donors (Lipinski definition) is 0. The predicted molar refractivity (Wildman–Crippen MR) is 89.7 cm³/mol. The molecule has 0 atom stereocenters. The Morgan fingerprint density at radius 1 is 1.29 bits per heavy atom. The van der Waals surface area contributed by atoms with Crippen molar-refractivity contribution >= 4 is 45.6 Å². The molecule has 0 unspecified atom stereocenters. The van der Waals surface area contributed by atoms with Crippen molar-refractivity contribution in [3.63, 3.8) is 0 Å². The van der Waals surface area contributed by atoms with Gasteiger partial charge in [0.05, 0.1) is 12.6 Å². The summed E-state index contributed by atoms with van der Waals surface area (Å²) in [5, 5.41) is 3.65. The second-order valence-electron chi connectivity index (χ2n) is 4.54. The molecule has 3 nitrogen and oxygen atoms in total. The van der Waals surface area contributed by atoms with Gasteiger partial charge in [0.2, 0.25) is 0 Å². The van der Waals surface area contributed by atoms with Crippen molar-refractivity contribution in [3.8, 4) is 5.75 Å². The van der Waals surface area contributed by atoms with Crippen molar-refractivity contribution in [2.75, 3.05) is 7.11 Å². The molecule has 0 aliphatic carbocycles. The van der Waals surface area contributed by atoms with Crippen molar-refractivity contribution in [3.05, 3.63) is 46.1 Å². The molecule has 3 rings (SSSR count). The summed E-state index contributed by atoms with van der Waals surface area (Å²) in [6.45, 7) is 2.00. The second kappa shape index (κ2) is 6.22. The molecule has 0 saturated carbocycles. The Hall–Kier alpha value is -1.30. The van der Waals surface area contributed by atoms with E-state index < -0.39 is 0 Å². The van der Waals surface area contributed by atoms with E-state index >= 15 is 0 Å². The molecular weight excluding hydrogens is 324 g/mol. The van der Waals surface area contributed by atoms with E-state index in [-0.39, 0.29) is 0 Å². The molecule has 0 fully saturated rings. The van der Waals surface area contributed by atoms with Crippen LogP contribution in [0.1, 0.15) is 11.3 Å². The third-order valence-electron chi connectivity index (χ3n) is 3.00. The number of fused-ring (bicyclic) bond motifs is 1. The molecule has 21 heavy (non-hydrogen) atoms. The third kappa shape index (κ3) is 3.31. The van der Waals surface area contributed by atoms with Crippen LogP contribution >= 0.6 is 34.7 Å². The van der Waals surface area contributed by atoms with Gasteiger partial charge in [0.1, 0.15) is 15.2 Å². The monoisotopic (exact) mass is 336 g/mol. The Kier molecular flexibility index (Phi) is 4.33. The number of nitrogens with zero attached hydrogens (tertiary/aromatic N) is 2. The van der Waals surface area contributed by atoms with Crippen LogP contribution in [0.2, 0.25) is 5.15 Å². The number of pyridine rings is 1. The Morgan fingerprint density at radius 3 is 2.86 bits per heavy atom. The minimum absolute atomic E-state index is 0.538. The number of ether oxygens (including phenoxy) is 1. The fourth-order valence-electron chi connectivity index (χ4n) is 1.93. The van der Waals surface area contributed by atoms with Crippen LogP contribution in [0.3, 0.4) is 0 Å². The number of methoxy groups -OCH3 is 1. The molecule has 0 saturated heterocycles. The van der Waals surface area contributed by atoms with Crippen LogP contribution in [0.15, 0.2) is 34.0 Å². The van der Waals surface area contributed by atoms with Gasteiger partial charge in [-0.05, 0) is 25.1 Å². The summed E-state index contributed by atoms with van der Waals surface area (Å²) in [6, 6.07) is 7.90. The molecule has 6 heteroatoms. The van der Waals surface area contributed by atoms with Gasteiger partial charge in [-0.3, -0.25) is 0 Å². The summed E-state index contributed by atoms with van der Waals surface area (Å²) in [5.74, 6) is 1.55. The quantitative estimate of drug-likeness (QED) is 0.498. The highest BCUT2D eigenvalue weighted by atomic mass is 35.5. The van der Waals surface area contributed by atoms with E-state index in [1.54, 1.807) is 30.2 Å². The number of aryl methyl sites for hydroxylation is 1. The molecule has 2 heterocycles. The molecule has 0 N–H and O–H groups in total. The summed E-state index contributed by atoms with van der Waals surface area (Å²) in [5.41, 5.74) is 2.92. The minimum atomic E-state index is 0.538. The Bertz CT molecular complexity index is 788. The first-order chi connectivity index (χ1) is 10.2. The number of thioether (sulfide) groups is 1. The van der Waals surface area contributed by atoms with Gasteiger partial charge in [0, 0.05) is 33.8 Å². The normalized spacial score (nSPS) is 11.0. The van der Waals surface area contributed by atoms with Crippen molar-refractivity contribution in [1.82, 2.24) is 9.97 Å². The molecule has 2 aromatic heterocycles. The number of aromatic nitrogens is 2. The average Bonchev–Trinajstić information content (AvgIpc) is 2.90. The van der Waals surface area contributed by atoms with Crippen molar-refractivity contribution < 1.29 is 4.74 Å². The Balaban J connectivity index is 1.86. The first kappa shape index (κ1) is 14.6. The number of hydrogen-bond acceptors (Lipinski definition) is 5. The lowest BCUT2D eigenvalue weighted by atomic mass is 10.1. The molecule has 0 spiro atoms. The predicted octanol–water partition coefficient (Wildman–Crippen LogP) is 4.95. The van der Waals surface area contributed by atoms with Crippen molar-refractivity contribution in [2.45, 2.75) is 17.0 Å². The highest BCUT2D eigenvalue weighted by molar-refractivity contribution is 8.00. The molecule has 0 aliphatic heterocycles. The lowest BCUT2D eigenvalue weighted by molar-refractivity contribution is 0.415. The highest BCUT2D eigenvalue weighted by Crippen LogP contribution is 2.30. The Morgan fingerprint density at radius 2 is 2.14 bits per heavy atom. The standard InChI is InChI=1S/C15H13ClN2OS2/c1-9-7-20-15(17-9)21-8-11-5-10-3-4-12(19-2)6-13(10)18-14(11)16/h3-7H,8H2,1-2H3. The number of benzene rings is 1.